The van der Waals surface area contributed by atoms with Crippen LogP contribution in [-0.2, 0) is 5.79 Å². The highest BCUT2D eigenvalue weighted by atomic mass is 16.7. The van der Waals surface area contributed by atoms with Crippen molar-refractivity contribution in [3.05, 3.63) is 89.5 Å². The average molecular weight is 318 g/mol. The molecule has 0 unspecified atom stereocenters. The molecular formula is C21H18O3. The summed E-state index contributed by atoms with van der Waals surface area (Å²) in [7, 11) is 1.64. The first kappa shape index (κ1) is 14.6. The second kappa shape index (κ2) is 5.60. The van der Waals surface area contributed by atoms with E-state index in [0.717, 1.165) is 16.7 Å². The summed E-state index contributed by atoms with van der Waals surface area (Å²) in [5.74, 6) is 1.00. The van der Waals surface area contributed by atoms with Gasteiger partial charge in [0, 0.05) is 11.1 Å². The molecule has 3 nitrogen and oxygen atoms in total. The van der Waals surface area contributed by atoms with Gasteiger partial charge in [-0.25, -0.2) is 0 Å². The molecule has 1 heterocycles. The number of benzene rings is 3. The fraction of sp³-hybridized carbons (Fsp3) is 0.143. The van der Waals surface area contributed by atoms with Crippen molar-refractivity contribution in [2.45, 2.75) is 12.7 Å². The van der Waals surface area contributed by atoms with Crippen LogP contribution in [0.15, 0.2) is 72.8 Å². The summed E-state index contributed by atoms with van der Waals surface area (Å²) in [6, 6.07) is 23.9. The molecule has 0 atom stereocenters. The second-order valence-electron chi connectivity index (χ2n) is 5.85. The first-order chi connectivity index (χ1) is 11.7. The predicted molar refractivity (Wildman–Crippen MR) is 92.7 cm³/mol. The summed E-state index contributed by atoms with van der Waals surface area (Å²) in [5.41, 5.74) is 2.94. The molecule has 0 spiro atoms. The van der Waals surface area contributed by atoms with E-state index >= 15 is 0 Å². The molecule has 0 N–H and O–H groups in total. The van der Waals surface area contributed by atoms with Gasteiger partial charge in [0.15, 0.2) is 11.5 Å². The maximum atomic E-state index is 6.40. The molecule has 120 valence electrons. The first-order valence-electron chi connectivity index (χ1n) is 7.90. The van der Waals surface area contributed by atoms with Gasteiger partial charge in [-0.05, 0) is 24.6 Å². The number of ether oxygens (including phenoxy) is 3. The SMILES string of the molecule is COc1cc(C)cc2c1OC(c1ccccc1)(c1ccccc1)O2. The Morgan fingerprint density at radius 1 is 0.792 bits per heavy atom. The van der Waals surface area contributed by atoms with E-state index in [0.29, 0.717) is 17.2 Å². The lowest BCUT2D eigenvalue weighted by Gasteiger charge is -2.28. The third kappa shape index (κ3) is 2.21. The summed E-state index contributed by atoms with van der Waals surface area (Å²) in [6.45, 7) is 2.01. The van der Waals surface area contributed by atoms with Gasteiger partial charge in [-0.2, -0.15) is 0 Å². The molecule has 0 saturated heterocycles. The van der Waals surface area contributed by atoms with Crippen LogP contribution in [0.1, 0.15) is 16.7 Å². The van der Waals surface area contributed by atoms with Crippen LogP contribution in [0, 0.1) is 6.92 Å². The summed E-state index contributed by atoms with van der Waals surface area (Å²) in [4.78, 5) is 0. The van der Waals surface area contributed by atoms with E-state index in [1.54, 1.807) is 7.11 Å². The van der Waals surface area contributed by atoms with Gasteiger partial charge in [-0.1, -0.05) is 60.7 Å². The third-order valence-corrected chi connectivity index (χ3v) is 4.19. The van der Waals surface area contributed by atoms with E-state index in [-0.39, 0.29) is 0 Å². The van der Waals surface area contributed by atoms with Gasteiger partial charge in [0.05, 0.1) is 7.11 Å². The zero-order valence-corrected chi connectivity index (χ0v) is 13.7. The van der Waals surface area contributed by atoms with E-state index in [1.807, 2.05) is 79.7 Å². The van der Waals surface area contributed by atoms with Crippen molar-refractivity contribution in [2.24, 2.45) is 0 Å². The number of hydrogen-bond acceptors (Lipinski definition) is 3. The smallest absolute Gasteiger partial charge is 0.305 e. The van der Waals surface area contributed by atoms with Crippen LogP contribution < -0.4 is 14.2 Å². The fourth-order valence-corrected chi connectivity index (χ4v) is 3.07. The molecule has 0 amide bonds. The maximum Gasteiger partial charge on any atom is 0.305 e. The van der Waals surface area contributed by atoms with Crippen molar-refractivity contribution in [3.63, 3.8) is 0 Å². The fourth-order valence-electron chi connectivity index (χ4n) is 3.07. The summed E-state index contributed by atoms with van der Waals surface area (Å²) < 4.78 is 18.3. The Morgan fingerprint density at radius 3 is 1.92 bits per heavy atom. The Kier molecular flexibility index (Phi) is 3.42. The van der Waals surface area contributed by atoms with Crippen molar-refractivity contribution >= 4 is 0 Å². The molecule has 0 bridgehead atoms. The number of fused-ring (bicyclic) bond motifs is 1. The van der Waals surface area contributed by atoms with Crippen LogP contribution in [0.2, 0.25) is 0 Å². The molecule has 0 aliphatic carbocycles. The van der Waals surface area contributed by atoms with Crippen molar-refractivity contribution in [2.75, 3.05) is 7.11 Å². The quantitative estimate of drug-likeness (QED) is 0.702. The maximum absolute atomic E-state index is 6.40. The van der Waals surface area contributed by atoms with E-state index in [4.69, 9.17) is 14.2 Å². The summed E-state index contributed by atoms with van der Waals surface area (Å²) in [6.07, 6.45) is 0. The number of rotatable bonds is 3. The second-order valence-corrected chi connectivity index (χ2v) is 5.85. The molecule has 0 fully saturated rings. The van der Waals surface area contributed by atoms with Gasteiger partial charge < -0.3 is 14.2 Å². The van der Waals surface area contributed by atoms with Gasteiger partial charge >= 0.3 is 5.79 Å². The Morgan fingerprint density at radius 2 is 1.38 bits per heavy atom. The van der Waals surface area contributed by atoms with Gasteiger partial charge in [0.1, 0.15) is 0 Å². The molecule has 1 aliphatic rings. The minimum atomic E-state index is -1.01. The Hall–Kier alpha value is -2.94. The number of aryl methyl sites for hydroxylation is 1. The molecule has 3 heteroatoms. The number of methoxy groups -OCH3 is 1. The topological polar surface area (TPSA) is 27.7 Å². The van der Waals surface area contributed by atoms with Crippen molar-refractivity contribution in [1.82, 2.24) is 0 Å². The summed E-state index contributed by atoms with van der Waals surface area (Å²) >= 11 is 0. The lowest BCUT2D eigenvalue weighted by Crippen LogP contribution is -2.36. The van der Waals surface area contributed by atoms with Crippen molar-refractivity contribution in [3.8, 4) is 17.2 Å². The molecular weight excluding hydrogens is 300 g/mol. The van der Waals surface area contributed by atoms with E-state index in [9.17, 15) is 0 Å². The minimum Gasteiger partial charge on any atom is -0.493 e. The predicted octanol–water partition coefficient (Wildman–Crippen LogP) is 4.68. The zero-order chi connectivity index (χ0) is 16.6. The molecule has 3 aromatic carbocycles. The summed E-state index contributed by atoms with van der Waals surface area (Å²) in [5, 5.41) is 0. The van der Waals surface area contributed by atoms with Gasteiger partial charge in [0.2, 0.25) is 5.75 Å². The monoisotopic (exact) mass is 318 g/mol. The molecule has 4 rings (SSSR count). The molecule has 0 radical (unpaired) electrons. The molecule has 3 aromatic rings. The Labute approximate surface area is 141 Å². The number of hydrogen-bond donors (Lipinski definition) is 0. The molecule has 0 aromatic heterocycles. The van der Waals surface area contributed by atoms with Crippen LogP contribution in [-0.4, -0.2) is 7.11 Å². The van der Waals surface area contributed by atoms with Crippen molar-refractivity contribution < 1.29 is 14.2 Å². The first-order valence-corrected chi connectivity index (χ1v) is 7.90. The van der Waals surface area contributed by atoms with Crippen LogP contribution in [0.4, 0.5) is 0 Å². The highest BCUT2D eigenvalue weighted by molar-refractivity contribution is 5.58. The van der Waals surface area contributed by atoms with Crippen LogP contribution in [0.5, 0.6) is 17.2 Å². The zero-order valence-electron chi connectivity index (χ0n) is 13.7. The van der Waals surface area contributed by atoms with Gasteiger partial charge in [0.25, 0.3) is 0 Å². The van der Waals surface area contributed by atoms with Gasteiger partial charge in [-0.15, -0.1) is 0 Å². The Balaban J connectivity index is 1.92. The Bertz CT molecular complexity index is 818. The van der Waals surface area contributed by atoms with E-state index in [1.165, 1.54) is 0 Å². The van der Waals surface area contributed by atoms with Crippen LogP contribution in [0.3, 0.4) is 0 Å². The van der Waals surface area contributed by atoms with Gasteiger partial charge in [-0.3, -0.25) is 0 Å². The normalized spacial score (nSPS) is 14.4. The van der Waals surface area contributed by atoms with E-state index in [2.05, 4.69) is 0 Å². The highest BCUT2D eigenvalue weighted by Gasteiger charge is 2.46. The largest absolute Gasteiger partial charge is 0.493 e. The third-order valence-electron chi connectivity index (χ3n) is 4.19. The highest BCUT2D eigenvalue weighted by Crippen LogP contribution is 2.52. The molecule has 0 saturated carbocycles. The van der Waals surface area contributed by atoms with Crippen LogP contribution in [0.25, 0.3) is 0 Å². The lowest BCUT2D eigenvalue weighted by atomic mass is 9.97. The lowest BCUT2D eigenvalue weighted by molar-refractivity contribution is -0.0467. The molecule has 24 heavy (non-hydrogen) atoms. The van der Waals surface area contributed by atoms with Crippen molar-refractivity contribution in [1.29, 1.82) is 0 Å². The van der Waals surface area contributed by atoms with E-state index < -0.39 is 5.79 Å². The van der Waals surface area contributed by atoms with Crippen LogP contribution >= 0.6 is 0 Å². The molecule has 1 aliphatic heterocycles. The average Bonchev–Trinajstić information content (AvgIpc) is 3.03. The minimum absolute atomic E-state index is 0.635. The standard InChI is InChI=1S/C21H18O3/c1-15-13-18(22-2)20-19(14-15)23-21(24-20,16-9-5-3-6-10-16)17-11-7-4-8-12-17/h3-14H,1-2H3.